The summed E-state index contributed by atoms with van der Waals surface area (Å²) in [6, 6.07) is 0.309. The first kappa shape index (κ1) is 14.0. The van der Waals surface area contributed by atoms with Crippen molar-refractivity contribution in [1.29, 1.82) is 0 Å². The summed E-state index contributed by atoms with van der Waals surface area (Å²) in [5.41, 5.74) is 0. The van der Waals surface area contributed by atoms with Gasteiger partial charge < -0.3 is 10.4 Å². The van der Waals surface area contributed by atoms with Gasteiger partial charge in [0.2, 0.25) is 0 Å². The third-order valence-electron chi connectivity index (χ3n) is 3.65. The molecule has 1 aliphatic rings. The highest BCUT2D eigenvalue weighted by molar-refractivity contribution is 4.72. The van der Waals surface area contributed by atoms with E-state index in [4.69, 9.17) is 0 Å². The molecule has 0 aromatic rings. The summed E-state index contributed by atoms with van der Waals surface area (Å²) in [5, 5.41) is 12.8. The van der Waals surface area contributed by atoms with Crippen LogP contribution in [0.1, 0.15) is 58.8 Å². The predicted octanol–water partition coefficient (Wildman–Crippen LogP) is 2.95. The molecule has 16 heavy (non-hydrogen) atoms. The molecular formula is C14H29NO. The van der Waals surface area contributed by atoms with Crippen molar-refractivity contribution in [2.75, 3.05) is 13.2 Å². The summed E-state index contributed by atoms with van der Waals surface area (Å²) in [5.74, 6) is 1.52. The summed E-state index contributed by atoms with van der Waals surface area (Å²) in [4.78, 5) is 0. The highest BCUT2D eigenvalue weighted by Crippen LogP contribution is 2.22. The average molecular weight is 227 g/mol. The van der Waals surface area contributed by atoms with Crippen LogP contribution < -0.4 is 5.32 Å². The standard InChI is InChI=1S/C14H29NO/c1-12(2)9-14(11-16)15-10-13-7-5-3-4-6-8-13/h12-16H,3-11H2,1-2H3. The molecule has 1 unspecified atom stereocenters. The zero-order valence-corrected chi connectivity index (χ0v) is 11.0. The highest BCUT2D eigenvalue weighted by atomic mass is 16.3. The minimum atomic E-state index is 0.283. The van der Waals surface area contributed by atoms with Crippen LogP contribution in [0.25, 0.3) is 0 Å². The van der Waals surface area contributed by atoms with Crippen molar-refractivity contribution in [2.24, 2.45) is 11.8 Å². The monoisotopic (exact) mass is 227 g/mol. The molecule has 0 aliphatic heterocycles. The number of aliphatic hydroxyl groups is 1. The van der Waals surface area contributed by atoms with Crippen molar-refractivity contribution in [3.05, 3.63) is 0 Å². The Bertz CT molecular complexity index is 160. The Morgan fingerprint density at radius 2 is 1.75 bits per heavy atom. The second kappa shape index (κ2) is 8.08. The van der Waals surface area contributed by atoms with E-state index in [0.717, 1.165) is 18.9 Å². The number of nitrogens with one attached hydrogen (secondary N) is 1. The Kier molecular flexibility index (Phi) is 7.06. The van der Waals surface area contributed by atoms with Gasteiger partial charge in [0.05, 0.1) is 6.61 Å². The van der Waals surface area contributed by atoms with E-state index in [1.54, 1.807) is 0 Å². The van der Waals surface area contributed by atoms with Gasteiger partial charge in [0.1, 0.15) is 0 Å². The average Bonchev–Trinajstić information content (AvgIpc) is 2.52. The van der Waals surface area contributed by atoms with Gasteiger partial charge in [-0.15, -0.1) is 0 Å². The molecule has 96 valence electrons. The molecule has 2 nitrogen and oxygen atoms in total. The SMILES string of the molecule is CC(C)CC(CO)NCC1CCCCCC1. The first-order valence-corrected chi connectivity index (χ1v) is 7.06. The molecular weight excluding hydrogens is 198 g/mol. The summed E-state index contributed by atoms with van der Waals surface area (Å²) in [6.45, 7) is 5.83. The summed E-state index contributed by atoms with van der Waals surface area (Å²) >= 11 is 0. The van der Waals surface area contributed by atoms with Crippen LogP contribution in [0.4, 0.5) is 0 Å². The zero-order valence-electron chi connectivity index (χ0n) is 11.0. The van der Waals surface area contributed by atoms with E-state index >= 15 is 0 Å². The van der Waals surface area contributed by atoms with Gasteiger partial charge in [0.25, 0.3) is 0 Å². The zero-order chi connectivity index (χ0) is 11.8. The first-order chi connectivity index (χ1) is 7.72. The van der Waals surface area contributed by atoms with Crippen molar-refractivity contribution in [1.82, 2.24) is 5.32 Å². The van der Waals surface area contributed by atoms with Crippen molar-refractivity contribution >= 4 is 0 Å². The second-order valence-corrected chi connectivity index (χ2v) is 5.77. The van der Waals surface area contributed by atoms with Crippen LogP contribution in [0.3, 0.4) is 0 Å². The molecule has 1 aliphatic carbocycles. The van der Waals surface area contributed by atoms with Gasteiger partial charge in [0.15, 0.2) is 0 Å². The Hall–Kier alpha value is -0.0800. The van der Waals surface area contributed by atoms with Gasteiger partial charge in [-0.2, -0.15) is 0 Å². The van der Waals surface area contributed by atoms with E-state index in [1.807, 2.05) is 0 Å². The number of hydrogen-bond acceptors (Lipinski definition) is 2. The van der Waals surface area contributed by atoms with Crippen LogP contribution in [-0.4, -0.2) is 24.3 Å². The summed E-state index contributed by atoms with van der Waals surface area (Å²) < 4.78 is 0. The topological polar surface area (TPSA) is 32.3 Å². The van der Waals surface area contributed by atoms with E-state index in [9.17, 15) is 5.11 Å². The van der Waals surface area contributed by atoms with E-state index in [-0.39, 0.29) is 6.61 Å². The van der Waals surface area contributed by atoms with Crippen molar-refractivity contribution in [2.45, 2.75) is 64.8 Å². The molecule has 1 rings (SSSR count). The maximum Gasteiger partial charge on any atom is 0.0584 e. The maximum atomic E-state index is 9.30. The molecule has 0 saturated heterocycles. The summed E-state index contributed by atoms with van der Waals surface area (Å²) in [7, 11) is 0. The first-order valence-electron chi connectivity index (χ1n) is 7.06. The second-order valence-electron chi connectivity index (χ2n) is 5.77. The lowest BCUT2D eigenvalue weighted by molar-refractivity contribution is 0.217. The van der Waals surface area contributed by atoms with Crippen molar-refractivity contribution in [3.8, 4) is 0 Å². The van der Waals surface area contributed by atoms with E-state index < -0.39 is 0 Å². The lowest BCUT2D eigenvalue weighted by Crippen LogP contribution is -2.37. The van der Waals surface area contributed by atoms with Crippen LogP contribution >= 0.6 is 0 Å². The van der Waals surface area contributed by atoms with Crippen LogP contribution in [0.5, 0.6) is 0 Å². The van der Waals surface area contributed by atoms with Crippen molar-refractivity contribution in [3.63, 3.8) is 0 Å². The molecule has 0 spiro atoms. The Balaban J connectivity index is 2.19. The van der Waals surface area contributed by atoms with Gasteiger partial charge >= 0.3 is 0 Å². The van der Waals surface area contributed by atoms with Crippen LogP contribution in [0.15, 0.2) is 0 Å². The van der Waals surface area contributed by atoms with Crippen LogP contribution in [0.2, 0.25) is 0 Å². The predicted molar refractivity (Wildman–Crippen MR) is 69.5 cm³/mol. The minimum absolute atomic E-state index is 0.283. The molecule has 1 fully saturated rings. The number of aliphatic hydroxyl groups excluding tert-OH is 1. The Morgan fingerprint density at radius 1 is 1.12 bits per heavy atom. The lowest BCUT2D eigenvalue weighted by atomic mass is 9.99. The molecule has 0 aromatic heterocycles. The normalized spacial score (nSPS) is 21.0. The van der Waals surface area contributed by atoms with Gasteiger partial charge in [-0.25, -0.2) is 0 Å². The quantitative estimate of drug-likeness (QED) is 0.684. The fraction of sp³-hybridized carbons (Fsp3) is 1.00. The van der Waals surface area contributed by atoms with Gasteiger partial charge in [-0.1, -0.05) is 39.5 Å². The number of hydrogen-bond donors (Lipinski definition) is 2. The smallest absolute Gasteiger partial charge is 0.0584 e. The third kappa shape index (κ3) is 5.86. The fourth-order valence-electron chi connectivity index (χ4n) is 2.69. The van der Waals surface area contributed by atoms with E-state index in [0.29, 0.717) is 12.0 Å². The number of rotatable bonds is 6. The molecule has 2 N–H and O–H groups in total. The molecule has 1 saturated carbocycles. The molecule has 0 amide bonds. The largest absolute Gasteiger partial charge is 0.395 e. The highest BCUT2D eigenvalue weighted by Gasteiger charge is 2.15. The molecule has 2 heteroatoms. The van der Waals surface area contributed by atoms with Gasteiger partial charge in [-0.3, -0.25) is 0 Å². The van der Waals surface area contributed by atoms with Gasteiger partial charge in [0, 0.05) is 6.04 Å². The summed E-state index contributed by atoms with van der Waals surface area (Å²) in [6.07, 6.45) is 9.50. The van der Waals surface area contributed by atoms with Crippen LogP contribution in [0, 0.1) is 11.8 Å². The molecule has 0 heterocycles. The van der Waals surface area contributed by atoms with E-state index in [2.05, 4.69) is 19.2 Å². The van der Waals surface area contributed by atoms with E-state index in [1.165, 1.54) is 38.5 Å². The molecule has 0 radical (unpaired) electrons. The molecule has 0 bridgehead atoms. The fourth-order valence-corrected chi connectivity index (χ4v) is 2.69. The van der Waals surface area contributed by atoms with Crippen molar-refractivity contribution < 1.29 is 5.11 Å². The maximum absolute atomic E-state index is 9.30. The Labute approximate surface area is 101 Å². The molecule has 1 atom stereocenters. The third-order valence-corrected chi connectivity index (χ3v) is 3.65. The molecule has 0 aromatic carbocycles. The lowest BCUT2D eigenvalue weighted by Gasteiger charge is -2.22. The van der Waals surface area contributed by atoms with Gasteiger partial charge in [-0.05, 0) is 37.6 Å². The Morgan fingerprint density at radius 3 is 2.25 bits per heavy atom. The van der Waals surface area contributed by atoms with Crippen LogP contribution in [-0.2, 0) is 0 Å². The minimum Gasteiger partial charge on any atom is -0.395 e.